The monoisotopic (exact) mass is 781 g/mol. The van der Waals surface area contributed by atoms with E-state index in [1.54, 1.807) is 0 Å². The lowest BCUT2D eigenvalue weighted by atomic mass is 9.84. The van der Waals surface area contributed by atoms with Gasteiger partial charge in [-0.2, -0.15) is 0 Å². The Balaban J connectivity index is 4.39. The van der Waals surface area contributed by atoms with Crippen molar-refractivity contribution in [3.63, 3.8) is 0 Å². The summed E-state index contributed by atoms with van der Waals surface area (Å²) in [5, 5.41) is 19.2. The highest BCUT2D eigenvalue weighted by atomic mass is 16.6. The standard InChI is InChI=1S/C47H88O8/c1-3-5-7-9-11-13-15-17-19-21-23-25-27-29-34-38-44(50)54-41-47(46(52)53,40-36-32-31-33-37-43(48)49)42-55-45(51)39-35-30-28-26-24-22-20-18-16-14-12-10-8-6-4-2/h3-42H2,1-2H3,(H,48,49)(H,52,53). The van der Waals surface area contributed by atoms with Gasteiger partial charge in [-0.3, -0.25) is 19.2 Å². The van der Waals surface area contributed by atoms with Gasteiger partial charge in [-0.05, 0) is 25.7 Å². The highest BCUT2D eigenvalue weighted by molar-refractivity contribution is 5.77. The van der Waals surface area contributed by atoms with Gasteiger partial charge in [0.05, 0.1) is 0 Å². The first-order valence-corrected chi connectivity index (χ1v) is 23.5. The van der Waals surface area contributed by atoms with Crippen LogP contribution in [0.2, 0.25) is 0 Å². The number of carbonyl (C=O) groups excluding carboxylic acids is 2. The number of carbonyl (C=O) groups is 4. The van der Waals surface area contributed by atoms with Crippen LogP contribution in [0.15, 0.2) is 0 Å². The van der Waals surface area contributed by atoms with Crippen molar-refractivity contribution in [3.05, 3.63) is 0 Å². The third kappa shape index (κ3) is 36.0. The van der Waals surface area contributed by atoms with Crippen LogP contribution in [0.4, 0.5) is 0 Å². The molecule has 0 aromatic heterocycles. The number of hydrogen-bond donors (Lipinski definition) is 2. The lowest BCUT2D eigenvalue weighted by Gasteiger charge is -2.28. The smallest absolute Gasteiger partial charge is 0.316 e. The van der Waals surface area contributed by atoms with Crippen molar-refractivity contribution >= 4 is 23.9 Å². The Hall–Kier alpha value is -2.12. The topological polar surface area (TPSA) is 127 Å². The molecule has 8 nitrogen and oxygen atoms in total. The fourth-order valence-corrected chi connectivity index (χ4v) is 7.37. The molecule has 0 radical (unpaired) electrons. The molecule has 0 spiro atoms. The molecule has 0 aromatic rings. The van der Waals surface area contributed by atoms with Crippen molar-refractivity contribution in [1.82, 2.24) is 0 Å². The molecule has 0 aliphatic heterocycles. The minimum Gasteiger partial charge on any atom is -0.481 e. The van der Waals surface area contributed by atoms with Crippen LogP contribution in [-0.2, 0) is 28.7 Å². The number of carboxylic acids is 2. The Morgan fingerprint density at radius 1 is 0.364 bits per heavy atom. The van der Waals surface area contributed by atoms with Crippen LogP contribution in [0.1, 0.15) is 258 Å². The molecular weight excluding hydrogens is 693 g/mol. The number of unbranched alkanes of at least 4 members (excludes halogenated alkanes) is 31. The minimum absolute atomic E-state index is 0.0813. The molecule has 0 heterocycles. The van der Waals surface area contributed by atoms with Gasteiger partial charge in [0.2, 0.25) is 0 Å². The molecule has 0 rings (SSSR count). The molecule has 0 amide bonds. The van der Waals surface area contributed by atoms with Crippen LogP contribution >= 0.6 is 0 Å². The molecule has 0 saturated heterocycles. The van der Waals surface area contributed by atoms with Crippen molar-refractivity contribution in [3.8, 4) is 0 Å². The van der Waals surface area contributed by atoms with Crippen molar-refractivity contribution in [1.29, 1.82) is 0 Å². The molecule has 0 saturated carbocycles. The van der Waals surface area contributed by atoms with Gasteiger partial charge in [0.15, 0.2) is 0 Å². The molecule has 0 atom stereocenters. The zero-order valence-electron chi connectivity index (χ0n) is 36.1. The van der Waals surface area contributed by atoms with Gasteiger partial charge < -0.3 is 19.7 Å². The molecule has 324 valence electrons. The van der Waals surface area contributed by atoms with E-state index >= 15 is 0 Å². The molecule has 0 fully saturated rings. The first kappa shape index (κ1) is 52.9. The second kappa shape index (κ2) is 40.1. The van der Waals surface area contributed by atoms with E-state index in [1.165, 1.54) is 154 Å². The number of aliphatic carboxylic acids is 2. The van der Waals surface area contributed by atoms with E-state index in [2.05, 4.69) is 13.8 Å². The molecule has 2 N–H and O–H groups in total. The van der Waals surface area contributed by atoms with Crippen LogP contribution in [0.25, 0.3) is 0 Å². The van der Waals surface area contributed by atoms with Crippen LogP contribution in [0.3, 0.4) is 0 Å². The van der Waals surface area contributed by atoms with Crippen molar-refractivity contribution in [2.24, 2.45) is 5.41 Å². The van der Waals surface area contributed by atoms with E-state index < -0.39 is 29.3 Å². The van der Waals surface area contributed by atoms with Crippen LogP contribution in [0, 0.1) is 5.41 Å². The Bertz CT molecular complexity index is 853. The maximum atomic E-state index is 12.7. The summed E-state index contributed by atoms with van der Waals surface area (Å²) in [5.41, 5.74) is -1.51. The van der Waals surface area contributed by atoms with Crippen molar-refractivity contribution < 1.29 is 38.9 Å². The van der Waals surface area contributed by atoms with Gasteiger partial charge in [-0.25, -0.2) is 0 Å². The number of esters is 2. The maximum absolute atomic E-state index is 12.7. The van der Waals surface area contributed by atoms with Gasteiger partial charge in [0, 0.05) is 19.3 Å². The summed E-state index contributed by atoms with van der Waals surface area (Å²) in [6.07, 6.45) is 40.4. The molecule has 55 heavy (non-hydrogen) atoms. The second-order valence-corrected chi connectivity index (χ2v) is 16.6. The Labute approximate surface area is 338 Å². The van der Waals surface area contributed by atoms with Crippen molar-refractivity contribution in [2.75, 3.05) is 13.2 Å². The van der Waals surface area contributed by atoms with Crippen molar-refractivity contribution in [2.45, 2.75) is 258 Å². The summed E-state index contributed by atoms with van der Waals surface area (Å²) in [7, 11) is 0. The number of carboxylic acid groups (broad SMARTS) is 2. The van der Waals surface area contributed by atoms with Crippen LogP contribution in [0.5, 0.6) is 0 Å². The third-order valence-electron chi connectivity index (χ3n) is 11.2. The fraction of sp³-hybridized carbons (Fsp3) is 0.915. The molecule has 0 aliphatic carbocycles. The van der Waals surface area contributed by atoms with Gasteiger partial charge in [0.25, 0.3) is 0 Å². The predicted octanol–water partition coefficient (Wildman–Crippen LogP) is 14.1. The van der Waals surface area contributed by atoms with E-state index in [4.69, 9.17) is 14.6 Å². The Morgan fingerprint density at radius 3 is 0.891 bits per heavy atom. The molecule has 0 bridgehead atoms. The second-order valence-electron chi connectivity index (χ2n) is 16.6. The predicted molar refractivity (Wildman–Crippen MR) is 226 cm³/mol. The normalized spacial score (nSPS) is 11.5. The maximum Gasteiger partial charge on any atom is 0.316 e. The quantitative estimate of drug-likeness (QED) is 0.0462. The summed E-state index contributed by atoms with van der Waals surface area (Å²) < 4.78 is 11.1. The molecule has 0 aromatic carbocycles. The summed E-state index contributed by atoms with van der Waals surface area (Å²) in [6, 6.07) is 0. The van der Waals surface area contributed by atoms with E-state index in [0.29, 0.717) is 25.7 Å². The zero-order chi connectivity index (χ0) is 40.5. The van der Waals surface area contributed by atoms with E-state index in [0.717, 1.165) is 38.5 Å². The summed E-state index contributed by atoms with van der Waals surface area (Å²) >= 11 is 0. The molecular formula is C47H88O8. The summed E-state index contributed by atoms with van der Waals surface area (Å²) in [4.78, 5) is 48.8. The van der Waals surface area contributed by atoms with E-state index in [1.807, 2.05) is 0 Å². The van der Waals surface area contributed by atoms with Gasteiger partial charge in [0.1, 0.15) is 18.6 Å². The van der Waals surface area contributed by atoms with Gasteiger partial charge in [-0.1, -0.05) is 213 Å². The SMILES string of the molecule is CCCCCCCCCCCCCCCCCC(=O)OCC(CCCCCCC(=O)O)(COC(=O)CCCCCCCCCCCCCCCCC)C(=O)O. The van der Waals surface area contributed by atoms with Crippen LogP contribution in [-0.4, -0.2) is 47.3 Å². The highest BCUT2D eigenvalue weighted by Crippen LogP contribution is 2.29. The molecule has 0 unspecified atom stereocenters. The van der Waals surface area contributed by atoms with Crippen LogP contribution < -0.4 is 0 Å². The molecule has 0 aliphatic rings. The summed E-state index contributed by atoms with van der Waals surface area (Å²) in [6.45, 7) is 3.85. The van der Waals surface area contributed by atoms with E-state index in [9.17, 15) is 24.3 Å². The van der Waals surface area contributed by atoms with E-state index in [-0.39, 0.29) is 38.9 Å². The first-order chi connectivity index (χ1) is 26.8. The third-order valence-corrected chi connectivity index (χ3v) is 11.2. The number of hydrogen-bond acceptors (Lipinski definition) is 6. The Kier molecular flexibility index (Phi) is 38.5. The fourth-order valence-electron chi connectivity index (χ4n) is 7.37. The zero-order valence-corrected chi connectivity index (χ0v) is 36.1. The Morgan fingerprint density at radius 2 is 0.618 bits per heavy atom. The average molecular weight is 781 g/mol. The number of ether oxygens (including phenoxy) is 2. The lowest BCUT2D eigenvalue weighted by Crippen LogP contribution is -2.41. The lowest BCUT2D eigenvalue weighted by molar-refractivity contribution is -0.168. The average Bonchev–Trinajstić information content (AvgIpc) is 3.16. The minimum atomic E-state index is -1.51. The first-order valence-electron chi connectivity index (χ1n) is 23.5. The largest absolute Gasteiger partial charge is 0.481 e. The summed E-state index contributed by atoms with van der Waals surface area (Å²) in [5.74, 6) is -2.81. The van der Waals surface area contributed by atoms with Gasteiger partial charge in [-0.15, -0.1) is 0 Å². The molecule has 8 heteroatoms. The van der Waals surface area contributed by atoms with Gasteiger partial charge >= 0.3 is 23.9 Å². The highest BCUT2D eigenvalue weighted by Gasteiger charge is 2.41. The number of rotatable bonds is 44.